The van der Waals surface area contributed by atoms with E-state index in [-0.39, 0.29) is 0 Å². The zero-order valence-electron chi connectivity index (χ0n) is 21.3. The second-order valence-electron chi connectivity index (χ2n) is 9.29. The Bertz CT molecular complexity index is 1050. The summed E-state index contributed by atoms with van der Waals surface area (Å²) >= 11 is 1.91. The van der Waals surface area contributed by atoms with Crippen molar-refractivity contribution in [3.05, 3.63) is 114 Å². The van der Waals surface area contributed by atoms with Crippen molar-refractivity contribution < 1.29 is 0 Å². The smallest absolute Gasteiger partial charge is 0.0570 e. The molecule has 0 N–H and O–H groups in total. The Kier molecular flexibility index (Phi) is 9.08. The molecule has 0 spiro atoms. The SMILES string of the molecule is C=C(/C=C(/c1ccccc1)N(C)CC(C1=C[CH]1)N1CCN(C(C)S/C=C\C)CC1)c1ccccc1. The van der Waals surface area contributed by atoms with Crippen LogP contribution in [0.1, 0.15) is 25.0 Å². The average molecular weight is 485 g/mol. The number of benzene rings is 2. The number of likely N-dealkylation sites (N-methyl/N-ethyl adjacent to an activating group) is 1. The summed E-state index contributed by atoms with van der Waals surface area (Å²) in [4.78, 5) is 7.69. The molecule has 2 atom stereocenters. The maximum Gasteiger partial charge on any atom is 0.0570 e. The highest BCUT2D eigenvalue weighted by molar-refractivity contribution is 8.02. The predicted octanol–water partition coefficient (Wildman–Crippen LogP) is 6.42. The summed E-state index contributed by atoms with van der Waals surface area (Å²) in [6.07, 6.45) is 8.93. The third-order valence-corrected chi connectivity index (χ3v) is 7.96. The Labute approximate surface area is 216 Å². The quantitative estimate of drug-likeness (QED) is 0.341. The minimum atomic E-state index is 0.415. The fourth-order valence-electron chi connectivity index (χ4n) is 4.67. The lowest BCUT2D eigenvalue weighted by atomic mass is 10.0. The van der Waals surface area contributed by atoms with E-state index in [9.17, 15) is 0 Å². The molecule has 4 heteroatoms. The van der Waals surface area contributed by atoms with E-state index in [1.807, 2.05) is 11.8 Å². The molecule has 0 aromatic heterocycles. The minimum absolute atomic E-state index is 0.415. The Hall–Kier alpha value is -2.53. The number of rotatable bonds is 11. The Balaban J connectivity index is 1.48. The lowest BCUT2D eigenvalue weighted by molar-refractivity contribution is 0.0990. The van der Waals surface area contributed by atoms with Gasteiger partial charge >= 0.3 is 0 Å². The van der Waals surface area contributed by atoms with Crippen LogP contribution in [0.3, 0.4) is 0 Å². The van der Waals surface area contributed by atoms with Crippen LogP contribution in [0.25, 0.3) is 11.3 Å². The highest BCUT2D eigenvalue weighted by atomic mass is 32.2. The van der Waals surface area contributed by atoms with E-state index in [1.54, 1.807) is 0 Å². The van der Waals surface area contributed by atoms with Crippen molar-refractivity contribution in [3.63, 3.8) is 0 Å². The van der Waals surface area contributed by atoms with Crippen molar-refractivity contribution in [1.29, 1.82) is 0 Å². The lowest BCUT2D eigenvalue weighted by Gasteiger charge is -2.42. The molecule has 1 fully saturated rings. The number of hydrogen-bond donors (Lipinski definition) is 0. The molecule has 4 rings (SSSR count). The molecule has 3 nitrogen and oxygen atoms in total. The van der Waals surface area contributed by atoms with Gasteiger partial charge in [0, 0.05) is 57.9 Å². The third kappa shape index (κ3) is 7.00. The Morgan fingerprint density at radius 3 is 2.11 bits per heavy atom. The zero-order chi connectivity index (χ0) is 24.6. The first-order valence-corrected chi connectivity index (χ1v) is 13.5. The van der Waals surface area contributed by atoms with Crippen molar-refractivity contribution in [2.45, 2.75) is 25.3 Å². The first kappa shape index (κ1) is 25.6. The van der Waals surface area contributed by atoms with Crippen LogP contribution in [0.4, 0.5) is 0 Å². The molecule has 1 radical (unpaired) electrons. The monoisotopic (exact) mass is 484 g/mol. The topological polar surface area (TPSA) is 9.72 Å². The standard InChI is InChI=1S/C31H38N3S/c1-5-22-35-26(3)33-18-20-34(21-19-33)31(29-16-17-29)24-32(4)30(28-14-10-7-11-15-28)23-25(2)27-12-8-6-9-13-27/h5-17,22-23,26,31H,2,18-21,24H2,1,3-4H3/b22-5-,30-23-. The van der Waals surface area contributed by atoms with E-state index in [4.69, 9.17) is 0 Å². The van der Waals surface area contributed by atoms with Crippen molar-refractivity contribution in [3.8, 4) is 0 Å². The average Bonchev–Trinajstić information content (AvgIpc) is 3.75. The fraction of sp³-hybridized carbons (Fsp3) is 0.323. The van der Waals surface area contributed by atoms with Gasteiger partial charge in [0.15, 0.2) is 0 Å². The van der Waals surface area contributed by atoms with Gasteiger partial charge in [-0.1, -0.05) is 79.4 Å². The van der Waals surface area contributed by atoms with Crippen LogP contribution in [0.15, 0.2) is 96.5 Å². The maximum atomic E-state index is 4.39. The maximum absolute atomic E-state index is 4.39. The van der Waals surface area contributed by atoms with Crippen LogP contribution in [0, 0.1) is 6.42 Å². The molecule has 0 bridgehead atoms. The van der Waals surface area contributed by atoms with Gasteiger partial charge in [-0.25, -0.2) is 0 Å². The molecule has 2 aromatic carbocycles. The molecule has 1 aliphatic heterocycles. The highest BCUT2D eigenvalue weighted by Gasteiger charge is 2.32. The molecule has 2 unspecified atom stereocenters. The second kappa shape index (κ2) is 12.4. The van der Waals surface area contributed by atoms with Gasteiger partial charge in [-0.15, -0.1) is 11.8 Å². The van der Waals surface area contributed by atoms with Gasteiger partial charge in [-0.2, -0.15) is 0 Å². The van der Waals surface area contributed by atoms with Gasteiger partial charge in [-0.3, -0.25) is 9.80 Å². The van der Waals surface area contributed by atoms with E-state index >= 15 is 0 Å². The van der Waals surface area contributed by atoms with Gasteiger partial charge in [0.25, 0.3) is 0 Å². The number of piperazine rings is 1. The summed E-state index contributed by atoms with van der Waals surface area (Å²) in [5.41, 5.74) is 6.09. The summed E-state index contributed by atoms with van der Waals surface area (Å²) in [6, 6.07) is 21.6. The van der Waals surface area contributed by atoms with Gasteiger partial charge in [0.1, 0.15) is 0 Å². The molecule has 1 saturated heterocycles. The fourth-order valence-corrected chi connectivity index (χ4v) is 5.44. The zero-order valence-corrected chi connectivity index (χ0v) is 22.1. The third-order valence-electron chi connectivity index (χ3n) is 6.84. The number of nitrogens with zero attached hydrogens (tertiary/aromatic N) is 3. The highest BCUT2D eigenvalue weighted by Crippen LogP contribution is 2.31. The van der Waals surface area contributed by atoms with E-state index in [2.05, 4.69) is 133 Å². The van der Waals surface area contributed by atoms with E-state index in [1.165, 1.54) is 16.8 Å². The first-order valence-electron chi connectivity index (χ1n) is 12.6. The Morgan fingerprint density at radius 2 is 1.54 bits per heavy atom. The first-order chi connectivity index (χ1) is 17.1. The number of allylic oxidation sites excluding steroid dienone is 4. The minimum Gasteiger partial charge on any atom is -0.372 e. The molecular weight excluding hydrogens is 446 g/mol. The molecular formula is C31H38N3S. The molecule has 1 aliphatic carbocycles. The second-order valence-corrected chi connectivity index (χ2v) is 10.5. The summed E-state index contributed by atoms with van der Waals surface area (Å²) in [7, 11) is 2.22. The lowest BCUT2D eigenvalue weighted by Crippen LogP contribution is -2.54. The van der Waals surface area contributed by atoms with Crippen molar-refractivity contribution in [2.24, 2.45) is 0 Å². The van der Waals surface area contributed by atoms with Crippen molar-refractivity contribution in [2.75, 3.05) is 39.8 Å². The normalized spacial score (nSPS) is 18.8. The molecule has 35 heavy (non-hydrogen) atoms. The largest absolute Gasteiger partial charge is 0.372 e. The van der Waals surface area contributed by atoms with Gasteiger partial charge in [-0.05, 0) is 47.6 Å². The molecule has 1 heterocycles. The Morgan fingerprint density at radius 1 is 0.971 bits per heavy atom. The summed E-state index contributed by atoms with van der Waals surface area (Å²) in [5, 5.41) is 2.73. The van der Waals surface area contributed by atoms with Crippen LogP contribution in [-0.4, -0.2) is 65.9 Å². The van der Waals surface area contributed by atoms with Crippen LogP contribution in [0.2, 0.25) is 0 Å². The molecule has 2 aromatic rings. The van der Waals surface area contributed by atoms with Gasteiger partial charge in [0.05, 0.1) is 5.37 Å². The number of hydrogen-bond acceptors (Lipinski definition) is 4. The summed E-state index contributed by atoms with van der Waals surface area (Å²) in [5.74, 6) is 0. The van der Waals surface area contributed by atoms with Crippen LogP contribution in [0.5, 0.6) is 0 Å². The van der Waals surface area contributed by atoms with Crippen molar-refractivity contribution in [1.82, 2.24) is 14.7 Å². The van der Waals surface area contributed by atoms with Gasteiger partial charge < -0.3 is 4.90 Å². The summed E-state index contributed by atoms with van der Waals surface area (Å²) < 4.78 is 0. The molecule has 2 aliphatic rings. The van der Waals surface area contributed by atoms with Crippen LogP contribution < -0.4 is 0 Å². The summed E-state index contributed by atoms with van der Waals surface area (Å²) in [6.45, 7) is 14.2. The predicted molar refractivity (Wildman–Crippen MR) is 154 cm³/mol. The molecule has 0 saturated carbocycles. The van der Waals surface area contributed by atoms with E-state index < -0.39 is 0 Å². The van der Waals surface area contributed by atoms with E-state index in [0.717, 1.165) is 43.9 Å². The number of thioether (sulfide) groups is 1. The van der Waals surface area contributed by atoms with Crippen LogP contribution >= 0.6 is 11.8 Å². The molecule has 0 amide bonds. The van der Waals surface area contributed by atoms with Crippen LogP contribution in [-0.2, 0) is 0 Å². The van der Waals surface area contributed by atoms with E-state index in [0.29, 0.717) is 11.4 Å². The van der Waals surface area contributed by atoms with Gasteiger partial charge in [0.2, 0.25) is 0 Å². The van der Waals surface area contributed by atoms with Crippen molar-refractivity contribution >= 4 is 23.0 Å². The molecule has 183 valence electrons.